The van der Waals surface area contributed by atoms with Crippen molar-refractivity contribution in [3.63, 3.8) is 0 Å². The fraction of sp³-hybridized carbons (Fsp3) is 0.600. The smallest absolute Gasteiger partial charge is 0.122 e. The van der Waals surface area contributed by atoms with Gasteiger partial charge in [0.15, 0.2) is 0 Å². The molecule has 2 N–H and O–H groups in total. The Morgan fingerprint density at radius 3 is 2.89 bits per heavy atom. The number of nitrogens with two attached hydrogens (primary N) is 1. The highest BCUT2D eigenvalue weighted by molar-refractivity contribution is 5.42. The first kappa shape index (κ1) is 12.0. The molecule has 1 aromatic rings. The summed E-state index contributed by atoms with van der Waals surface area (Å²) < 4.78 is 11.1. The summed E-state index contributed by atoms with van der Waals surface area (Å²) in [5, 5.41) is 0. The molecule has 3 nitrogen and oxygen atoms in total. The van der Waals surface area contributed by atoms with Crippen molar-refractivity contribution in [2.75, 3.05) is 26.4 Å². The van der Waals surface area contributed by atoms with Crippen LogP contribution in [0.15, 0.2) is 18.2 Å². The van der Waals surface area contributed by atoms with Gasteiger partial charge in [0.2, 0.25) is 0 Å². The maximum atomic E-state index is 5.86. The van der Waals surface area contributed by atoms with Gasteiger partial charge in [0.05, 0.1) is 19.8 Å². The average Bonchev–Trinajstić information content (AvgIpc) is 2.37. The van der Waals surface area contributed by atoms with Crippen LogP contribution in [-0.2, 0) is 16.6 Å². The van der Waals surface area contributed by atoms with Gasteiger partial charge in [-0.2, -0.15) is 0 Å². The summed E-state index contributed by atoms with van der Waals surface area (Å²) in [5.41, 5.74) is 8.70. The maximum Gasteiger partial charge on any atom is 0.122 e. The number of hydrogen-bond acceptors (Lipinski definition) is 3. The third-order valence-corrected chi connectivity index (χ3v) is 4.50. The van der Waals surface area contributed by atoms with Gasteiger partial charge in [-0.3, -0.25) is 0 Å². The Morgan fingerprint density at radius 1 is 1.39 bits per heavy atom. The van der Waals surface area contributed by atoms with Crippen LogP contribution in [0, 0.1) is 5.92 Å². The minimum Gasteiger partial charge on any atom is -0.493 e. The summed E-state index contributed by atoms with van der Waals surface area (Å²) in [4.78, 5) is 0. The van der Waals surface area contributed by atoms with E-state index in [2.05, 4.69) is 25.1 Å². The van der Waals surface area contributed by atoms with E-state index in [0.29, 0.717) is 12.5 Å². The van der Waals surface area contributed by atoms with Crippen molar-refractivity contribution in [2.45, 2.75) is 25.2 Å². The van der Waals surface area contributed by atoms with Crippen molar-refractivity contribution >= 4 is 0 Å². The standard InChI is InChI=1S/C15H21NO2/c1-11(8-16)15(9-17-10-15)13-4-5-14-12(7-13)3-2-6-18-14/h4-5,7,11H,2-3,6,8-10,16H2,1H3. The van der Waals surface area contributed by atoms with Gasteiger partial charge < -0.3 is 15.2 Å². The first-order valence-electron chi connectivity index (χ1n) is 6.80. The van der Waals surface area contributed by atoms with Gasteiger partial charge in [0, 0.05) is 5.41 Å². The maximum absolute atomic E-state index is 5.86. The molecular formula is C15H21NO2. The summed E-state index contributed by atoms with van der Waals surface area (Å²) in [6.45, 7) is 5.37. The van der Waals surface area contributed by atoms with Crippen LogP contribution in [-0.4, -0.2) is 26.4 Å². The molecule has 1 saturated heterocycles. The molecule has 2 aliphatic heterocycles. The Balaban J connectivity index is 1.96. The van der Waals surface area contributed by atoms with Gasteiger partial charge in [-0.05, 0) is 42.5 Å². The summed E-state index contributed by atoms with van der Waals surface area (Å²) in [6, 6.07) is 6.62. The molecule has 0 aromatic heterocycles. The number of benzene rings is 1. The zero-order valence-corrected chi connectivity index (χ0v) is 10.9. The molecular weight excluding hydrogens is 226 g/mol. The van der Waals surface area contributed by atoms with E-state index in [0.717, 1.165) is 38.4 Å². The zero-order valence-electron chi connectivity index (χ0n) is 10.9. The van der Waals surface area contributed by atoms with E-state index in [1.54, 1.807) is 0 Å². The molecule has 2 heterocycles. The van der Waals surface area contributed by atoms with Crippen LogP contribution in [0.2, 0.25) is 0 Å². The van der Waals surface area contributed by atoms with Crippen molar-refractivity contribution in [3.8, 4) is 5.75 Å². The lowest BCUT2D eigenvalue weighted by atomic mass is 9.69. The number of rotatable bonds is 3. The second kappa shape index (κ2) is 4.56. The lowest BCUT2D eigenvalue weighted by Gasteiger charge is -2.46. The van der Waals surface area contributed by atoms with Crippen LogP contribution in [0.1, 0.15) is 24.5 Å². The third-order valence-electron chi connectivity index (χ3n) is 4.50. The second-order valence-corrected chi connectivity index (χ2v) is 5.56. The predicted molar refractivity (Wildman–Crippen MR) is 71.0 cm³/mol. The third kappa shape index (κ3) is 1.73. The van der Waals surface area contributed by atoms with E-state index >= 15 is 0 Å². The van der Waals surface area contributed by atoms with Gasteiger partial charge in [0.25, 0.3) is 0 Å². The van der Waals surface area contributed by atoms with Crippen molar-refractivity contribution in [2.24, 2.45) is 11.7 Å². The highest BCUT2D eigenvalue weighted by atomic mass is 16.5. The molecule has 0 spiro atoms. The Morgan fingerprint density at radius 2 is 2.22 bits per heavy atom. The second-order valence-electron chi connectivity index (χ2n) is 5.56. The molecule has 3 rings (SSSR count). The monoisotopic (exact) mass is 247 g/mol. The average molecular weight is 247 g/mol. The molecule has 1 unspecified atom stereocenters. The highest BCUT2D eigenvalue weighted by Gasteiger charge is 2.44. The normalized spacial score (nSPS) is 22.6. The largest absolute Gasteiger partial charge is 0.493 e. The van der Waals surface area contributed by atoms with E-state index in [9.17, 15) is 0 Å². The molecule has 98 valence electrons. The number of ether oxygens (including phenoxy) is 2. The Bertz CT molecular complexity index is 440. The Kier molecular flexibility index (Phi) is 3.04. The SMILES string of the molecule is CC(CN)C1(c2ccc3c(c2)CCCO3)COC1. The molecule has 1 atom stereocenters. The van der Waals surface area contributed by atoms with E-state index in [-0.39, 0.29) is 5.41 Å². The molecule has 0 radical (unpaired) electrons. The lowest BCUT2D eigenvalue weighted by molar-refractivity contribution is -0.0854. The van der Waals surface area contributed by atoms with Gasteiger partial charge in [-0.25, -0.2) is 0 Å². The number of aryl methyl sites for hydroxylation is 1. The van der Waals surface area contributed by atoms with Crippen molar-refractivity contribution in [1.29, 1.82) is 0 Å². The number of fused-ring (bicyclic) bond motifs is 1. The molecule has 18 heavy (non-hydrogen) atoms. The quantitative estimate of drug-likeness (QED) is 0.887. The molecule has 0 bridgehead atoms. The topological polar surface area (TPSA) is 44.5 Å². The summed E-state index contributed by atoms with van der Waals surface area (Å²) in [7, 11) is 0. The summed E-state index contributed by atoms with van der Waals surface area (Å²) in [6.07, 6.45) is 2.24. The lowest BCUT2D eigenvalue weighted by Crippen LogP contribution is -2.53. The van der Waals surface area contributed by atoms with Crippen LogP contribution in [0.3, 0.4) is 0 Å². The van der Waals surface area contributed by atoms with Crippen LogP contribution in [0.5, 0.6) is 5.75 Å². The van der Waals surface area contributed by atoms with Gasteiger partial charge in [0.1, 0.15) is 5.75 Å². The highest BCUT2D eigenvalue weighted by Crippen LogP contribution is 2.41. The first-order valence-corrected chi connectivity index (χ1v) is 6.80. The Hall–Kier alpha value is -1.06. The fourth-order valence-electron chi connectivity index (χ4n) is 2.95. The molecule has 3 heteroatoms. The van der Waals surface area contributed by atoms with Crippen LogP contribution >= 0.6 is 0 Å². The van der Waals surface area contributed by atoms with Gasteiger partial charge >= 0.3 is 0 Å². The summed E-state index contributed by atoms with van der Waals surface area (Å²) >= 11 is 0. The van der Waals surface area contributed by atoms with E-state index in [1.165, 1.54) is 11.1 Å². The van der Waals surface area contributed by atoms with E-state index in [1.807, 2.05) is 0 Å². The predicted octanol–water partition coefficient (Wildman–Crippen LogP) is 1.87. The molecule has 0 amide bonds. The molecule has 1 aromatic carbocycles. The van der Waals surface area contributed by atoms with Crippen LogP contribution in [0.4, 0.5) is 0 Å². The fourth-order valence-corrected chi connectivity index (χ4v) is 2.95. The van der Waals surface area contributed by atoms with Gasteiger partial charge in [-0.1, -0.05) is 19.1 Å². The van der Waals surface area contributed by atoms with Crippen molar-refractivity contribution in [3.05, 3.63) is 29.3 Å². The minimum absolute atomic E-state index is 0.126. The zero-order chi connectivity index (χ0) is 12.6. The first-order chi connectivity index (χ1) is 8.76. The van der Waals surface area contributed by atoms with Crippen molar-refractivity contribution in [1.82, 2.24) is 0 Å². The molecule has 0 saturated carbocycles. The van der Waals surface area contributed by atoms with E-state index < -0.39 is 0 Å². The number of hydrogen-bond donors (Lipinski definition) is 1. The molecule has 0 aliphatic carbocycles. The van der Waals surface area contributed by atoms with E-state index in [4.69, 9.17) is 15.2 Å². The molecule has 1 fully saturated rings. The summed E-state index contributed by atoms with van der Waals surface area (Å²) in [5.74, 6) is 1.51. The van der Waals surface area contributed by atoms with Crippen LogP contribution in [0.25, 0.3) is 0 Å². The van der Waals surface area contributed by atoms with Crippen molar-refractivity contribution < 1.29 is 9.47 Å². The van der Waals surface area contributed by atoms with Crippen LogP contribution < -0.4 is 10.5 Å². The molecule has 2 aliphatic rings. The minimum atomic E-state index is 0.126. The Labute approximate surface area is 108 Å². The van der Waals surface area contributed by atoms with Gasteiger partial charge in [-0.15, -0.1) is 0 Å².